The number of esters is 2. The van der Waals surface area contributed by atoms with E-state index in [1.54, 1.807) is 27.2 Å². The van der Waals surface area contributed by atoms with Gasteiger partial charge in [-0.3, -0.25) is 9.59 Å². The molecule has 0 saturated heterocycles. The summed E-state index contributed by atoms with van der Waals surface area (Å²) in [4.78, 5) is 36.9. The molecule has 0 fully saturated rings. The van der Waals surface area contributed by atoms with E-state index in [2.05, 4.69) is 74.6 Å². The molecule has 2 atom stereocenters. The zero-order valence-electron chi connectivity index (χ0n) is 40.5. The highest BCUT2D eigenvalue weighted by Crippen LogP contribution is 2.15. The molecule has 62 heavy (non-hydrogen) atoms. The maximum absolute atomic E-state index is 12.7. The molecule has 0 aliphatic heterocycles. The Morgan fingerprint density at radius 2 is 0.952 bits per heavy atom. The third-order valence-electron chi connectivity index (χ3n) is 10.9. The van der Waals surface area contributed by atoms with E-state index in [-0.39, 0.29) is 43.1 Å². The van der Waals surface area contributed by atoms with Gasteiger partial charge < -0.3 is 28.6 Å². The molecule has 0 aromatic carbocycles. The van der Waals surface area contributed by atoms with Gasteiger partial charge in [-0.15, -0.1) is 0 Å². The van der Waals surface area contributed by atoms with E-state index < -0.39 is 24.1 Å². The number of carbonyl (C=O) groups excluding carboxylic acids is 3. The van der Waals surface area contributed by atoms with Gasteiger partial charge in [0.15, 0.2) is 6.10 Å². The number of hydrogen-bond acceptors (Lipinski definition) is 7. The maximum Gasteiger partial charge on any atom is 0.310 e. The van der Waals surface area contributed by atoms with Gasteiger partial charge in [-0.05, 0) is 64.2 Å². The molecule has 0 radical (unpaired) electrons. The lowest BCUT2D eigenvalue weighted by Gasteiger charge is -2.34. The SMILES string of the molecule is CC/C=C\C/C=C\C/C=C\C/C=C\C/C=C\CC(=O)OC(COCCC(C(=O)[O-])[N+](C)(C)C)COC(=O)CCCCCCCCCCCCC/C=C\CCCCCCCCCC. The van der Waals surface area contributed by atoms with Crippen molar-refractivity contribution in [3.05, 3.63) is 72.9 Å². The van der Waals surface area contributed by atoms with Crippen molar-refractivity contribution in [3.63, 3.8) is 0 Å². The Bertz CT molecular complexity index is 1240. The zero-order chi connectivity index (χ0) is 45.6. The fourth-order valence-corrected chi connectivity index (χ4v) is 7.02. The van der Waals surface area contributed by atoms with Gasteiger partial charge >= 0.3 is 11.9 Å². The second kappa shape index (κ2) is 44.4. The summed E-state index contributed by atoms with van der Waals surface area (Å²) in [5, 5.41) is 11.6. The third-order valence-corrected chi connectivity index (χ3v) is 10.9. The number of hydrogen-bond donors (Lipinski definition) is 0. The van der Waals surface area contributed by atoms with Crippen LogP contribution >= 0.6 is 0 Å². The van der Waals surface area contributed by atoms with Gasteiger partial charge in [0.2, 0.25) is 0 Å². The van der Waals surface area contributed by atoms with Gasteiger partial charge in [0.05, 0.1) is 46.7 Å². The smallest absolute Gasteiger partial charge is 0.310 e. The summed E-state index contributed by atoms with van der Waals surface area (Å²) >= 11 is 0. The van der Waals surface area contributed by atoms with Crippen LogP contribution in [-0.4, -0.2) is 75.5 Å². The number of unbranched alkanes of at least 4 members (excludes halogenated alkanes) is 19. The van der Waals surface area contributed by atoms with Crippen LogP contribution < -0.4 is 5.11 Å². The highest BCUT2D eigenvalue weighted by Gasteiger charge is 2.25. The Hall–Kier alpha value is -3.23. The summed E-state index contributed by atoms with van der Waals surface area (Å²) in [5.41, 5.74) is 0. The highest BCUT2D eigenvalue weighted by atomic mass is 16.6. The Balaban J connectivity index is 4.30. The van der Waals surface area contributed by atoms with E-state index in [1.165, 1.54) is 116 Å². The van der Waals surface area contributed by atoms with Gasteiger partial charge in [0.25, 0.3) is 0 Å². The lowest BCUT2D eigenvalue weighted by Crippen LogP contribution is -2.55. The Morgan fingerprint density at radius 1 is 0.516 bits per heavy atom. The Morgan fingerprint density at radius 3 is 1.40 bits per heavy atom. The monoisotopic (exact) mass is 868 g/mol. The fraction of sp³-hybridized carbons (Fsp3) is 0.722. The van der Waals surface area contributed by atoms with Gasteiger partial charge in [0.1, 0.15) is 12.6 Å². The fourth-order valence-electron chi connectivity index (χ4n) is 7.02. The Labute approximate surface area is 381 Å². The first-order valence-electron chi connectivity index (χ1n) is 25.0. The molecule has 356 valence electrons. The molecule has 0 saturated carbocycles. The number of quaternary nitrogens is 1. The van der Waals surface area contributed by atoms with Crippen LogP contribution in [-0.2, 0) is 28.6 Å². The summed E-state index contributed by atoms with van der Waals surface area (Å²) in [6.45, 7) is 4.45. The molecule has 0 bridgehead atoms. The van der Waals surface area contributed by atoms with Gasteiger partial charge in [-0.1, -0.05) is 189 Å². The summed E-state index contributed by atoms with van der Waals surface area (Å²) in [5.74, 6) is -1.90. The minimum Gasteiger partial charge on any atom is -0.544 e. The second-order valence-corrected chi connectivity index (χ2v) is 17.7. The molecular weight excluding hydrogens is 775 g/mol. The van der Waals surface area contributed by atoms with Crippen molar-refractivity contribution in [1.82, 2.24) is 0 Å². The lowest BCUT2D eigenvalue weighted by atomic mass is 10.0. The first kappa shape index (κ1) is 58.8. The third kappa shape index (κ3) is 42.1. The zero-order valence-corrected chi connectivity index (χ0v) is 40.5. The molecule has 0 aliphatic rings. The first-order valence-corrected chi connectivity index (χ1v) is 25.0. The van der Waals surface area contributed by atoms with Crippen LogP contribution in [0.25, 0.3) is 0 Å². The van der Waals surface area contributed by atoms with Crippen molar-refractivity contribution in [2.75, 3.05) is 41.0 Å². The van der Waals surface area contributed by atoms with Crippen molar-refractivity contribution >= 4 is 17.9 Å². The van der Waals surface area contributed by atoms with Crippen LogP contribution in [0.4, 0.5) is 0 Å². The predicted molar refractivity (Wildman–Crippen MR) is 259 cm³/mol. The van der Waals surface area contributed by atoms with Gasteiger partial charge in [-0.25, -0.2) is 0 Å². The quantitative estimate of drug-likeness (QED) is 0.0260. The van der Waals surface area contributed by atoms with Crippen molar-refractivity contribution in [2.45, 2.75) is 212 Å². The normalized spacial score (nSPS) is 13.5. The van der Waals surface area contributed by atoms with Crippen LogP contribution in [0.1, 0.15) is 200 Å². The number of allylic oxidation sites excluding steroid dienone is 11. The minimum atomic E-state index is -1.14. The van der Waals surface area contributed by atoms with E-state index in [1.807, 2.05) is 6.08 Å². The number of likely N-dealkylation sites (N-methyl/N-ethyl adjacent to an activating group) is 1. The number of carbonyl (C=O) groups is 3. The van der Waals surface area contributed by atoms with Crippen molar-refractivity contribution in [3.8, 4) is 0 Å². The molecule has 2 unspecified atom stereocenters. The summed E-state index contributed by atoms with van der Waals surface area (Å²) in [6.07, 6.45) is 56.9. The molecular formula is C54H93NO7. The molecule has 0 spiro atoms. The molecule has 0 aromatic heterocycles. The number of ether oxygens (including phenoxy) is 3. The highest BCUT2D eigenvalue weighted by molar-refractivity contribution is 5.71. The lowest BCUT2D eigenvalue weighted by molar-refractivity contribution is -0.889. The van der Waals surface area contributed by atoms with E-state index in [0.29, 0.717) is 12.8 Å². The molecule has 0 heterocycles. The van der Waals surface area contributed by atoms with E-state index in [0.717, 1.165) is 44.9 Å². The summed E-state index contributed by atoms with van der Waals surface area (Å²) < 4.78 is 17.1. The minimum absolute atomic E-state index is 0.00161. The average molecular weight is 868 g/mol. The molecule has 0 aliphatic carbocycles. The van der Waals surface area contributed by atoms with E-state index in [4.69, 9.17) is 14.2 Å². The van der Waals surface area contributed by atoms with Gasteiger partial charge in [-0.2, -0.15) is 0 Å². The molecule has 8 heteroatoms. The largest absolute Gasteiger partial charge is 0.544 e. The summed E-state index contributed by atoms with van der Waals surface area (Å²) in [6, 6.07) is -0.745. The first-order chi connectivity index (χ1) is 30.1. The standard InChI is InChI=1S/C54H93NO7/c1-6-8-10-12-14-16-18-20-22-23-24-25-26-27-28-29-31-32-34-36-38-40-42-44-52(56)61-49-50(48-60-47-46-51(54(58)59)55(3,4)5)62-53(57)45-43-41-39-37-35-33-30-21-19-17-15-13-11-9-7-2/h9,11,15,17,21,23-24,30,35,37,41,43,50-51H,6-8,10,12-14,16,18-20,22,25-29,31-34,36,38-40,42,44-49H2,1-5H3/b11-9-,17-15-,24-23-,30-21-,37-35-,43-41-. The average Bonchev–Trinajstić information content (AvgIpc) is 3.23. The Kier molecular flexibility index (Phi) is 42.1. The predicted octanol–water partition coefficient (Wildman–Crippen LogP) is 13.0. The molecule has 0 aromatic rings. The maximum atomic E-state index is 12.7. The molecule has 0 N–H and O–H groups in total. The van der Waals surface area contributed by atoms with Crippen molar-refractivity contribution in [1.29, 1.82) is 0 Å². The van der Waals surface area contributed by atoms with E-state index >= 15 is 0 Å². The topological polar surface area (TPSA) is 102 Å². The van der Waals surface area contributed by atoms with Crippen molar-refractivity contribution < 1.29 is 38.2 Å². The number of carboxylic acids is 1. The van der Waals surface area contributed by atoms with Crippen LogP contribution in [0.15, 0.2) is 72.9 Å². The van der Waals surface area contributed by atoms with Crippen LogP contribution in [0.3, 0.4) is 0 Å². The number of rotatable bonds is 44. The number of aliphatic carboxylic acids is 1. The van der Waals surface area contributed by atoms with Crippen molar-refractivity contribution in [2.24, 2.45) is 0 Å². The van der Waals surface area contributed by atoms with Crippen LogP contribution in [0.5, 0.6) is 0 Å². The second-order valence-electron chi connectivity index (χ2n) is 17.7. The molecule has 0 amide bonds. The van der Waals surface area contributed by atoms with Crippen LogP contribution in [0, 0.1) is 0 Å². The van der Waals surface area contributed by atoms with Gasteiger partial charge in [0, 0.05) is 12.8 Å². The molecule has 0 rings (SSSR count). The molecule has 8 nitrogen and oxygen atoms in total. The number of nitrogens with zero attached hydrogens (tertiary/aromatic N) is 1. The number of carboxylic acid groups (broad SMARTS) is 1. The van der Waals surface area contributed by atoms with Crippen LogP contribution in [0.2, 0.25) is 0 Å². The van der Waals surface area contributed by atoms with E-state index in [9.17, 15) is 19.5 Å². The summed E-state index contributed by atoms with van der Waals surface area (Å²) in [7, 11) is 5.38.